The third-order valence-corrected chi connectivity index (χ3v) is 5.53. The number of benzene rings is 3. The monoisotopic (exact) mass is 398 g/mol. The Morgan fingerprint density at radius 3 is 1.67 bits per heavy atom. The summed E-state index contributed by atoms with van der Waals surface area (Å²) in [5, 5.41) is 3.11. The summed E-state index contributed by atoms with van der Waals surface area (Å²) in [7, 11) is 0. The van der Waals surface area contributed by atoms with Crippen LogP contribution in [0.3, 0.4) is 0 Å². The largest absolute Gasteiger partial charge is 0.343 e. The van der Waals surface area contributed by atoms with Gasteiger partial charge in [-0.1, -0.05) is 72.8 Å². The molecule has 5 heteroatoms. The van der Waals surface area contributed by atoms with E-state index in [1.807, 2.05) is 67.6 Å². The molecule has 0 aromatic heterocycles. The molecule has 0 fully saturated rings. The van der Waals surface area contributed by atoms with Crippen LogP contribution in [0.5, 0.6) is 0 Å². The Morgan fingerprint density at radius 2 is 1.20 bits per heavy atom. The van der Waals surface area contributed by atoms with Gasteiger partial charge in [-0.2, -0.15) is 0 Å². The Bertz CT molecular complexity index is 1020. The highest BCUT2D eigenvalue weighted by Crippen LogP contribution is 2.29. The maximum Gasteiger partial charge on any atom is 0.261 e. The Hall–Kier alpha value is -3.73. The van der Waals surface area contributed by atoms with Gasteiger partial charge in [-0.15, -0.1) is 0 Å². The van der Waals surface area contributed by atoms with Gasteiger partial charge >= 0.3 is 0 Å². The van der Waals surface area contributed by atoms with Crippen LogP contribution in [0.4, 0.5) is 0 Å². The zero-order valence-electron chi connectivity index (χ0n) is 16.7. The number of fused-ring (bicyclic) bond motifs is 1. The van der Waals surface area contributed by atoms with E-state index in [0.717, 1.165) is 16.0 Å². The van der Waals surface area contributed by atoms with Crippen molar-refractivity contribution < 1.29 is 14.4 Å². The van der Waals surface area contributed by atoms with Crippen molar-refractivity contribution in [3.63, 3.8) is 0 Å². The first-order chi connectivity index (χ1) is 14.5. The van der Waals surface area contributed by atoms with Gasteiger partial charge in [-0.05, 0) is 30.2 Å². The second kappa shape index (κ2) is 7.95. The van der Waals surface area contributed by atoms with Gasteiger partial charge in [0.25, 0.3) is 11.8 Å². The summed E-state index contributed by atoms with van der Waals surface area (Å²) in [6.07, 6.45) is 0.0285. The zero-order chi connectivity index (χ0) is 21.1. The number of hydrogen-bond donors (Lipinski definition) is 1. The summed E-state index contributed by atoms with van der Waals surface area (Å²) in [5.41, 5.74) is 1.94. The van der Waals surface area contributed by atoms with E-state index in [9.17, 15) is 14.4 Å². The molecule has 1 heterocycles. The lowest BCUT2D eigenvalue weighted by molar-refractivity contribution is -0.122. The molecule has 3 aromatic rings. The van der Waals surface area contributed by atoms with Gasteiger partial charge in [0.1, 0.15) is 0 Å². The summed E-state index contributed by atoms with van der Waals surface area (Å²) in [5.74, 6) is -0.934. The molecule has 1 aliphatic heterocycles. The minimum atomic E-state index is -0.735. The second-order valence-corrected chi connectivity index (χ2v) is 7.46. The van der Waals surface area contributed by atoms with Crippen LogP contribution in [0.2, 0.25) is 0 Å². The SMILES string of the molecule is CC(NC(=O)CCN1C(=O)c2ccccc2C1=O)(c1ccccc1)c1ccccc1. The number of rotatable bonds is 6. The molecular formula is C25H22N2O3. The van der Waals surface area contributed by atoms with E-state index < -0.39 is 5.54 Å². The lowest BCUT2D eigenvalue weighted by Crippen LogP contribution is -2.45. The molecule has 0 aliphatic carbocycles. The van der Waals surface area contributed by atoms with Gasteiger partial charge in [0.15, 0.2) is 0 Å². The maximum absolute atomic E-state index is 12.9. The molecule has 0 spiro atoms. The number of nitrogens with one attached hydrogen (secondary N) is 1. The number of imide groups is 1. The molecular weight excluding hydrogens is 376 g/mol. The van der Waals surface area contributed by atoms with Crippen LogP contribution in [0.15, 0.2) is 84.9 Å². The smallest absolute Gasteiger partial charge is 0.261 e. The third-order valence-electron chi connectivity index (χ3n) is 5.53. The molecule has 0 atom stereocenters. The summed E-state index contributed by atoms with van der Waals surface area (Å²) < 4.78 is 0. The van der Waals surface area contributed by atoms with Crippen molar-refractivity contribution in [3.8, 4) is 0 Å². The Morgan fingerprint density at radius 1 is 0.767 bits per heavy atom. The van der Waals surface area contributed by atoms with Crippen LogP contribution in [-0.2, 0) is 10.3 Å². The third kappa shape index (κ3) is 3.50. The van der Waals surface area contributed by atoms with E-state index in [4.69, 9.17) is 0 Å². The van der Waals surface area contributed by atoms with E-state index in [1.165, 1.54) is 0 Å². The maximum atomic E-state index is 12.9. The average molecular weight is 398 g/mol. The van der Waals surface area contributed by atoms with Crippen molar-refractivity contribution in [2.45, 2.75) is 18.9 Å². The molecule has 3 amide bonds. The number of carbonyl (C=O) groups excluding carboxylic acids is 3. The minimum Gasteiger partial charge on any atom is -0.343 e. The number of nitrogens with zero attached hydrogens (tertiary/aromatic N) is 1. The fraction of sp³-hybridized carbons (Fsp3) is 0.160. The molecule has 0 unspecified atom stereocenters. The Labute approximate surface area is 175 Å². The van der Waals surface area contributed by atoms with E-state index in [2.05, 4.69) is 5.32 Å². The molecule has 30 heavy (non-hydrogen) atoms. The van der Waals surface area contributed by atoms with E-state index >= 15 is 0 Å². The van der Waals surface area contributed by atoms with Crippen LogP contribution < -0.4 is 5.32 Å². The van der Waals surface area contributed by atoms with Crippen molar-refractivity contribution in [3.05, 3.63) is 107 Å². The first-order valence-corrected chi connectivity index (χ1v) is 9.88. The molecule has 1 aliphatic rings. The summed E-state index contributed by atoms with van der Waals surface area (Å²) in [4.78, 5) is 39.1. The van der Waals surface area contributed by atoms with Crippen molar-refractivity contribution in [2.24, 2.45) is 0 Å². The van der Waals surface area contributed by atoms with E-state index in [-0.39, 0.29) is 30.7 Å². The topological polar surface area (TPSA) is 66.5 Å². The van der Waals surface area contributed by atoms with Crippen molar-refractivity contribution >= 4 is 17.7 Å². The predicted molar refractivity (Wildman–Crippen MR) is 114 cm³/mol. The zero-order valence-corrected chi connectivity index (χ0v) is 16.7. The number of amides is 3. The van der Waals surface area contributed by atoms with Crippen molar-refractivity contribution in [1.29, 1.82) is 0 Å². The first kappa shape index (κ1) is 19.6. The van der Waals surface area contributed by atoms with Crippen molar-refractivity contribution in [2.75, 3.05) is 6.54 Å². The summed E-state index contributed by atoms with van der Waals surface area (Å²) in [6, 6.07) is 26.2. The normalized spacial score (nSPS) is 13.3. The Kier molecular flexibility index (Phi) is 5.19. The highest BCUT2D eigenvalue weighted by atomic mass is 16.2. The Balaban J connectivity index is 1.51. The average Bonchev–Trinajstić information content (AvgIpc) is 3.03. The molecule has 5 nitrogen and oxygen atoms in total. The second-order valence-electron chi connectivity index (χ2n) is 7.46. The summed E-state index contributed by atoms with van der Waals surface area (Å²) >= 11 is 0. The highest BCUT2D eigenvalue weighted by molar-refractivity contribution is 6.21. The van der Waals surface area contributed by atoms with Gasteiger partial charge in [0, 0.05) is 13.0 Å². The van der Waals surface area contributed by atoms with Crippen molar-refractivity contribution in [1.82, 2.24) is 10.2 Å². The summed E-state index contributed by atoms with van der Waals surface area (Å²) in [6.45, 7) is 2.00. The van der Waals surface area contributed by atoms with Crippen LogP contribution >= 0.6 is 0 Å². The molecule has 0 bridgehead atoms. The molecule has 0 radical (unpaired) electrons. The molecule has 150 valence electrons. The van der Waals surface area contributed by atoms with Gasteiger partial charge in [-0.25, -0.2) is 0 Å². The molecule has 0 saturated carbocycles. The fourth-order valence-electron chi connectivity index (χ4n) is 3.85. The van der Waals surface area contributed by atoms with Crippen LogP contribution in [-0.4, -0.2) is 29.2 Å². The fourth-order valence-corrected chi connectivity index (χ4v) is 3.85. The first-order valence-electron chi connectivity index (χ1n) is 9.88. The number of carbonyl (C=O) groups is 3. The van der Waals surface area contributed by atoms with Crippen LogP contribution in [0.1, 0.15) is 45.2 Å². The molecule has 1 N–H and O–H groups in total. The van der Waals surface area contributed by atoms with Gasteiger partial charge in [-0.3, -0.25) is 19.3 Å². The highest BCUT2D eigenvalue weighted by Gasteiger charge is 2.36. The predicted octanol–water partition coefficient (Wildman–Crippen LogP) is 3.75. The van der Waals surface area contributed by atoms with E-state index in [0.29, 0.717) is 11.1 Å². The molecule has 4 rings (SSSR count). The minimum absolute atomic E-state index is 0.0285. The van der Waals surface area contributed by atoms with Gasteiger partial charge in [0.05, 0.1) is 16.7 Å². The molecule has 3 aromatic carbocycles. The standard InChI is InChI=1S/C25H22N2O3/c1-25(18-10-4-2-5-11-18,19-12-6-3-7-13-19)26-22(28)16-17-27-23(29)20-14-8-9-15-21(20)24(27)30/h2-15H,16-17H2,1H3,(H,26,28). The lowest BCUT2D eigenvalue weighted by Gasteiger charge is -2.32. The lowest BCUT2D eigenvalue weighted by atomic mass is 9.84. The quantitative estimate of drug-likeness (QED) is 0.643. The van der Waals surface area contributed by atoms with E-state index in [1.54, 1.807) is 24.3 Å². The van der Waals surface area contributed by atoms with Gasteiger partial charge < -0.3 is 5.32 Å². The molecule has 0 saturated heterocycles. The van der Waals surface area contributed by atoms with Crippen LogP contribution in [0.25, 0.3) is 0 Å². The van der Waals surface area contributed by atoms with Crippen LogP contribution in [0, 0.1) is 0 Å². The number of hydrogen-bond acceptors (Lipinski definition) is 3. The van der Waals surface area contributed by atoms with Gasteiger partial charge in [0.2, 0.25) is 5.91 Å².